The van der Waals surface area contributed by atoms with Gasteiger partial charge in [-0.15, -0.1) is 0 Å². The normalized spacial score (nSPS) is 17.1. The third-order valence-corrected chi connectivity index (χ3v) is 5.07. The topological polar surface area (TPSA) is 113 Å². The Balaban J connectivity index is 1.67. The van der Waals surface area contributed by atoms with Crippen LogP contribution in [0.25, 0.3) is 12.2 Å². The molecule has 0 spiro atoms. The maximum atomic E-state index is 10.9. The molecule has 1 heterocycles. The van der Waals surface area contributed by atoms with E-state index in [4.69, 9.17) is 19.7 Å². The van der Waals surface area contributed by atoms with Crippen LogP contribution in [-0.2, 0) is 9.59 Å². The number of fused-ring (bicyclic) bond motifs is 1. The van der Waals surface area contributed by atoms with E-state index in [2.05, 4.69) is 0 Å². The Morgan fingerprint density at radius 3 is 2.06 bits per heavy atom. The summed E-state index contributed by atoms with van der Waals surface area (Å²) in [6, 6.07) is 19.0. The van der Waals surface area contributed by atoms with Gasteiger partial charge in [0.1, 0.15) is 17.2 Å². The number of carboxylic acid groups (broad SMARTS) is 2. The minimum Gasteiger partial charge on any atom is -0.508 e. The van der Waals surface area contributed by atoms with Gasteiger partial charge in [-0.2, -0.15) is 0 Å². The lowest BCUT2D eigenvalue weighted by Gasteiger charge is -2.21. The molecule has 3 N–H and O–H groups in total. The van der Waals surface area contributed by atoms with Crippen molar-refractivity contribution in [3.8, 4) is 17.2 Å². The summed E-state index contributed by atoms with van der Waals surface area (Å²) in [4.78, 5) is 21.6. The van der Waals surface area contributed by atoms with Crippen molar-refractivity contribution in [2.75, 3.05) is 0 Å². The molecule has 0 fully saturated rings. The van der Waals surface area contributed by atoms with Gasteiger partial charge in [-0.25, -0.2) is 9.59 Å². The van der Waals surface area contributed by atoms with E-state index in [1.165, 1.54) is 12.2 Å². The molecule has 1 aliphatic heterocycles. The minimum atomic E-state index is -1.04. The fourth-order valence-corrected chi connectivity index (χ4v) is 3.53. The lowest BCUT2D eigenvalue weighted by atomic mass is 9.98. The van der Waals surface area contributed by atoms with Crippen molar-refractivity contribution in [2.45, 2.75) is 12.2 Å². The predicted molar refractivity (Wildman–Crippen MR) is 121 cm³/mol. The number of phenolic OH excluding ortho intramolecular Hbond substituents is 1. The van der Waals surface area contributed by atoms with Crippen LogP contribution in [0.1, 0.15) is 34.5 Å². The van der Waals surface area contributed by atoms with Crippen molar-refractivity contribution < 1.29 is 34.4 Å². The Morgan fingerprint density at radius 1 is 0.818 bits per heavy atom. The number of hydrogen-bond donors (Lipinski definition) is 3. The number of benzene rings is 3. The first kappa shape index (κ1) is 21.7. The Hall–Kier alpha value is -4.52. The van der Waals surface area contributed by atoms with Crippen LogP contribution < -0.4 is 9.47 Å². The second kappa shape index (κ2) is 9.32. The molecule has 0 amide bonds. The molecule has 1 aliphatic rings. The van der Waals surface area contributed by atoms with Gasteiger partial charge in [0.15, 0.2) is 12.2 Å². The second-order valence-corrected chi connectivity index (χ2v) is 7.38. The molecule has 7 heteroatoms. The van der Waals surface area contributed by atoms with Crippen molar-refractivity contribution in [1.29, 1.82) is 0 Å². The molecule has 0 aliphatic carbocycles. The number of aromatic hydroxyl groups is 1. The molecule has 4 rings (SSSR count). The summed E-state index contributed by atoms with van der Waals surface area (Å²) in [6.07, 6.45) is 4.07. The van der Waals surface area contributed by atoms with Crippen molar-refractivity contribution >= 4 is 24.1 Å². The predicted octanol–water partition coefficient (Wildman–Crippen LogP) is 4.84. The third-order valence-electron chi connectivity index (χ3n) is 5.07. The summed E-state index contributed by atoms with van der Waals surface area (Å²) >= 11 is 0. The van der Waals surface area contributed by atoms with Crippen molar-refractivity contribution in [3.05, 3.63) is 101 Å². The molecule has 7 nitrogen and oxygen atoms in total. The van der Waals surface area contributed by atoms with E-state index in [1.807, 2.05) is 6.07 Å². The molecule has 0 unspecified atom stereocenters. The molecule has 166 valence electrons. The molecular formula is C26H20O7. The first-order valence-electron chi connectivity index (χ1n) is 10.1. The molecule has 0 aromatic heterocycles. The van der Waals surface area contributed by atoms with Crippen molar-refractivity contribution in [2.24, 2.45) is 0 Å². The van der Waals surface area contributed by atoms with Crippen LogP contribution >= 0.6 is 0 Å². The molecule has 3 aromatic carbocycles. The quantitative estimate of drug-likeness (QED) is 0.447. The number of hydrogen-bond acceptors (Lipinski definition) is 5. The highest BCUT2D eigenvalue weighted by molar-refractivity contribution is 5.85. The third kappa shape index (κ3) is 5.22. The van der Waals surface area contributed by atoms with E-state index in [-0.39, 0.29) is 5.75 Å². The van der Waals surface area contributed by atoms with Crippen LogP contribution in [0.2, 0.25) is 0 Å². The van der Waals surface area contributed by atoms with Crippen molar-refractivity contribution in [1.82, 2.24) is 0 Å². The molecule has 33 heavy (non-hydrogen) atoms. The van der Waals surface area contributed by atoms with Crippen LogP contribution in [-0.4, -0.2) is 27.3 Å². The fraction of sp³-hybridized carbons (Fsp3) is 0.0769. The van der Waals surface area contributed by atoms with E-state index in [1.54, 1.807) is 60.7 Å². The standard InChI is InChI=1S/C26H20O7/c27-19-8-6-18(7-9-19)25-26(32-20-10-1-16(2-11-20)4-13-23(28)29)21-15-17(5-14-24(30)31)3-12-22(21)33-25/h1-15,25-27H,(H,28,29)(H,30,31)/b13-4+,14-5+/t25-,26-/m0/s1. The van der Waals surface area contributed by atoms with Crippen LogP contribution in [0.4, 0.5) is 0 Å². The summed E-state index contributed by atoms with van der Waals surface area (Å²) in [5.41, 5.74) is 2.96. The highest BCUT2D eigenvalue weighted by atomic mass is 16.6. The zero-order chi connectivity index (χ0) is 23.4. The molecule has 3 aromatic rings. The number of phenols is 1. The van der Waals surface area contributed by atoms with Gasteiger partial charge >= 0.3 is 11.9 Å². The molecule has 0 radical (unpaired) electrons. The molecule has 0 saturated heterocycles. The van der Waals surface area contributed by atoms with Gasteiger partial charge in [0.05, 0.1) is 0 Å². The van der Waals surface area contributed by atoms with Crippen molar-refractivity contribution in [3.63, 3.8) is 0 Å². The minimum absolute atomic E-state index is 0.137. The Kier molecular flexibility index (Phi) is 6.13. The summed E-state index contributed by atoms with van der Waals surface area (Å²) in [5, 5.41) is 27.4. The molecular weight excluding hydrogens is 424 g/mol. The maximum absolute atomic E-state index is 10.9. The largest absolute Gasteiger partial charge is 0.508 e. The highest BCUT2D eigenvalue weighted by Crippen LogP contribution is 2.47. The monoisotopic (exact) mass is 444 g/mol. The van der Waals surface area contributed by atoms with E-state index in [0.29, 0.717) is 22.6 Å². The first-order chi connectivity index (χ1) is 15.9. The van der Waals surface area contributed by atoms with Gasteiger partial charge in [0.25, 0.3) is 0 Å². The van der Waals surface area contributed by atoms with Gasteiger partial charge < -0.3 is 24.8 Å². The smallest absolute Gasteiger partial charge is 0.328 e. The number of ether oxygens (including phenoxy) is 2. The fourth-order valence-electron chi connectivity index (χ4n) is 3.53. The van der Waals surface area contributed by atoms with Crippen LogP contribution in [0.5, 0.6) is 17.2 Å². The van der Waals surface area contributed by atoms with Crippen LogP contribution in [0.3, 0.4) is 0 Å². The lowest BCUT2D eigenvalue weighted by Crippen LogP contribution is -2.15. The summed E-state index contributed by atoms with van der Waals surface area (Å²) < 4.78 is 12.5. The summed E-state index contributed by atoms with van der Waals surface area (Å²) in [7, 11) is 0. The number of rotatable bonds is 7. The van der Waals surface area contributed by atoms with Gasteiger partial charge in [-0.1, -0.05) is 30.3 Å². The van der Waals surface area contributed by atoms with Crippen LogP contribution in [0, 0.1) is 0 Å². The second-order valence-electron chi connectivity index (χ2n) is 7.38. The van der Waals surface area contributed by atoms with E-state index in [0.717, 1.165) is 23.3 Å². The first-order valence-corrected chi connectivity index (χ1v) is 10.1. The van der Waals surface area contributed by atoms with E-state index >= 15 is 0 Å². The SMILES string of the molecule is O=C(O)/C=C/c1ccc(O[C@H]2c3cc(/C=C/C(=O)O)ccc3O[C@H]2c2ccc(O)cc2)cc1. The van der Waals surface area contributed by atoms with Gasteiger partial charge in [0, 0.05) is 17.7 Å². The number of carbonyl (C=O) groups is 2. The Bertz CT molecular complexity index is 1220. The van der Waals surface area contributed by atoms with E-state index in [9.17, 15) is 14.7 Å². The zero-order valence-corrected chi connectivity index (χ0v) is 17.3. The average Bonchev–Trinajstić information content (AvgIpc) is 3.15. The zero-order valence-electron chi connectivity index (χ0n) is 17.3. The average molecular weight is 444 g/mol. The Labute approximate surface area is 189 Å². The number of carboxylic acids is 2. The summed E-state index contributed by atoms with van der Waals surface area (Å²) in [5.74, 6) is -0.762. The highest BCUT2D eigenvalue weighted by Gasteiger charge is 2.37. The van der Waals surface area contributed by atoms with Gasteiger partial charge in [-0.3, -0.25) is 0 Å². The van der Waals surface area contributed by atoms with Crippen LogP contribution in [0.15, 0.2) is 78.9 Å². The summed E-state index contributed by atoms with van der Waals surface area (Å²) in [6.45, 7) is 0. The molecule has 2 atom stereocenters. The lowest BCUT2D eigenvalue weighted by molar-refractivity contribution is -0.132. The molecule has 0 bridgehead atoms. The maximum Gasteiger partial charge on any atom is 0.328 e. The Morgan fingerprint density at radius 2 is 1.42 bits per heavy atom. The number of aliphatic carboxylic acids is 2. The van der Waals surface area contributed by atoms with Gasteiger partial charge in [0.2, 0.25) is 0 Å². The van der Waals surface area contributed by atoms with Gasteiger partial charge in [-0.05, 0) is 65.2 Å². The molecule has 0 saturated carbocycles. The van der Waals surface area contributed by atoms with E-state index < -0.39 is 24.1 Å².